The second-order valence-corrected chi connectivity index (χ2v) is 16.7. The first-order valence-electron chi connectivity index (χ1n) is 12.5. The van der Waals surface area contributed by atoms with Crippen molar-refractivity contribution in [2.24, 2.45) is 0 Å². The summed E-state index contributed by atoms with van der Waals surface area (Å²) in [6.45, 7) is 18.0. The van der Waals surface area contributed by atoms with E-state index in [1.807, 2.05) is 0 Å². The van der Waals surface area contributed by atoms with Crippen molar-refractivity contribution in [2.45, 2.75) is 78.0 Å². The molecule has 0 unspecified atom stereocenters. The maximum Gasteiger partial charge on any atom is 0.131 e. The van der Waals surface area contributed by atoms with Crippen molar-refractivity contribution in [1.29, 1.82) is 0 Å². The Bertz CT molecular complexity index is 1010. The Morgan fingerprint density at radius 1 is 0.486 bits per heavy atom. The van der Waals surface area contributed by atoms with E-state index in [4.69, 9.17) is 9.05 Å². The zero-order valence-corrected chi connectivity index (χ0v) is 25.6. The monoisotopic (exact) mass is 572 g/mol. The molecule has 2 nitrogen and oxygen atoms in total. The largest absolute Gasteiger partial charge is 0.473 e. The van der Waals surface area contributed by atoms with E-state index >= 15 is 0 Å². The average Bonchev–Trinajstić information content (AvgIpc) is 2.81. The van der Waals surface area contributed by atoms with E-state index in [9.17, 15) is 0 Å². The standard InChI is InChI=1S/C30H39BrO2P2/c1-20(2)34(21(3)4)32-28-18-11-9-14-24(28)26-16-13-17-27(30(26)31)25-15-10-12-19-29(25)33-35(22(5)6)23(7)8/h9-23H,1-8H3. The van der Waals surface area contributed by atoms with Crippen molar-refractivity contribution in [1.82, 2.24) is 0 Å². The molecular formula is C30H39BrO2P2. The molecule has 0 saturated carbocycles. The van der Waals surface area contributed by atoms with Gasteiger partial charge in [0.25, 0.3) is 0 Å². The number of hydrogen-bond acceptors (Lipinski definition) is 2. The van der Waals surface area contributed by atoms with Gasteiger partial charge in [0.2, 0.25) is 0 Å². The fourth-order valence-corrected chi connectivity index (χ4v) is 9.02. The predicted octanol–water partition coefficient (Wildman–Crippen LogP) is 11.0. The quantitative estimate of drug-likeness (QED) is 0.225. The minimum Gasteiger partial charge on any atom is -0.473 e. The molecule has 3 aromatic rings. The van der Waals surface area contributed by atoms with Crippen molar-refractivity contribution in [3.8, 4) is 33.8 Å². The molecule has 0 radical (unpaired) electrons. The number of hydrogen-bond donors (Lipinski definition) is 0. The van der Waals surface area contributed by atoms with Crippen LogP contribution in [0.3, 0.4) is 0 Å². The highest BCUT2D eigenvalue weighted by Gasteiger charge is 2.24. The van der Waals surface area contributed by atoms with Gasteiger partial charge in [0.15, 0.2) is 0 Å². The second kappa shape index (κ2) is 12.7. The molecule has 35 heavy (non-hydrogen) atoms. The third-order valence-electron chi connectivity index (χ3n) is 5.80. The Labute approximate surface area is 223 Å². The third kappa shape index (κ3) is 6.88. The maximum atomic E-state index is 6.67. The van der Waals surface area contributed by atoms with E-state index in [1.54, 1.807) is 0 Å². The zero-order valence-electron chi connectivity index (χ0n) is 22.2. The summed E-state index contributed by atoms with van der Waals surface area (Å²) in [6, 6.07) is 23.3. The van der Waals surface area contributed by atoms with Gasteiger partial charge in [-0.2, -0.15) is 0 Å². The lowest BCUT2D eigenvalue weighted by Gasteiger charge is -2.27. The summed E-state index contributed by atoms with van der Waals surface area (Å²) >= 11 is 3.97. The molecule has 0 amide bonds. The summed E-state index contributed by atoms with van der Waals surface area (Å²) in [5.41, 5.74) is 6.46. The SMILES string of the molecule is CC(C)P(Oc1ccccc1-c1cccc(-c2ccccc2OP(C(C)C)C(C)C)c1Br)C(C)C. The van der Waals surface area contributed by atoms with E-state index in [-0.39, 0.29) is 0 Å². The highest BCUT2D eigenvalue weighted by molar-refractivity contribution is 9.10. The second-order valence-electron chi connectivity index (χ2n) is 9.94. The summed E-state index contributed by atoms with van der Waals surface area (Å²) in [7, 11) is -1.17. The van der Waals surface area contributed by atoms with Gasteiger partial charge in [-0.1, -0.05) is 110 Å². The fraction of sp³-hybridized carbons (Fsp3) is 0.400. The topological polar surface area (TPSA) is 18.5 Å². The van der Waals surface area contributed by atoms with Crippen LogP contribution in [0.1, 0.15) is 55.4 Å². The van der Waals surface area contributed by atoms with E-state index in [0.717, 1.165) is 38.2 Å². The van der Waals surface area contributed by atoms with E-state index in [0.29, 0.717) is 22.6 Å². The van der Waals surface area contributed by atoms with Crippen LogP contribution in [0.4, 0.5) is 0 Å². The molecule has 0 aliphatic heterocycles. The molecule has 188 valence electrons. The Kier molecular flexibility index (Phi) is 10.2. The molecule has 0 N–H and O–H groups in total. The molecule has 0 spiro atoms. The van der Waals surface area contributed by atoms with Crippen LogP contribution in [-0.4, -0.2) is 22.6 Å². The summed E-state index contributed by atoms with van der Waals surface area (Å²) in [5.74, 6) is 1.90. The maximum absolute atomic E-state index is 6.67. The van der Waals surface area contributed by atoms with Gasteiger partial charge in [-0.15, -0.1) is 0 Å². The summed E-state index contributed by atoms with van der Waals surface area (Å²) in [5, 5.41) is 0. The Morgan fingerprint density at radius 2 is 0.800 bits per heavy atom. The number of para-hydroxylation sites is 2. The molecule has 0 heterocycles. The molecule has 3 aromatic carbocycles. The zero-order chi connectivity index (χ0) is 25.7. The van der Waals surface area contributed by atoms with Crippen LogP contribution < -0.4 is 9.05 Å². The summed E-state index contributed by atoms with van der Waals surface area (Å²) in [4.78, 5) is 0. The van der Waals surface area contributed by atoms with Crippen molar-refractivity contribution >= 4 is 32.2 Å². The molecule has 0 aliphatic rings. The fourth-order valence-electron chi connectivity index (χ4n) is 4.33. The molecular weight excluding hydrogens is 534 g/mol. The van der Waals surface area contributed by atoms with Gasteiger partial charge in [0.1, 0.15) is 11.5 Å². The normalized spacial score (nSPS) is 12.0. The van der Waals surface area contributed by atoms with Crippen molar-refractivity contribution in [3.05, 3.63) is 71.2 Å². The van der Waals surface area contributed by atoms with Crippen LogP contribution >= 0.6 is 32.2 Å². The van der Waals surface area contributed by atoms with Crippen LogP contribution in [-0.2, 0) is 0 Å². The molecule has 0 aromatic heterocycles. The molecule has 0 saturated heterocycles. The van der Waals surface area contributed by atoms with Crippen LogP contribution in [0.15, 0.2) is 71.2 Å². The first kappa shape index (κ1) is 28.2. The molecule has 0 fully saturated rings. The van der Waals surface area contributed by atoms with Crippen molar-refractivity contribution < 1.29 is 9.05 Å². The first-order chi connectivity index (χ1) is 16.6. The highest BCUT2D eigenvalue weighted by atomic mass is 79.9. The molecule has 5 heteroatoms. The Balaban J connectivity index is 2.07. The summed E-state index contributed by atoms with van der Waals surface area (Å²) in [6.07, 6.45) is 0. The minimum absolute atomic E-state index is 0.494. The summed E-state index contributed by atoms with van der Waals surface area (Å²) < 4.78 is 14.4. The molecule has 0 atom stereocenters. The minimum atomic E-state index is -0.584. The lowest BCUT2D eigenvalue weighted by molar-refractivity contribution is 0.594. The lowest BCUT2D eigenvalue weighted by atomic mass is 9.98. The predicted molar refractivity (Wildman–Crippen MR) is 161 cm³/mol. The average molecular weight is 573 g/mol. The van der Waals surface area contributed by atoms with Gasteiger partial charge in [0.05, 0.1) is 16.3 Å². The van der Waals surface area contributed by atoms with E-state index in [2.05, 4.69) is 138 Å². The number of benzene rings is 3. The van der Waals surface area contributed by atoms with E-state index in [1.165, 1.54) is 0 Å². The van der Waals surface area contributed by atoms with Crippen LogP contribution in [0.2, 0.25) is 0 Å². The third-order valence-corrected chi connectivity index (χ3v) is 11.5. The van der Waals surface area contributed by atoms with Gasteiger partial charge < -0.3 is 9.05 Å². The molecule has 0 bridgehead atoms. The van der Waals surface area contributed by atoms with Crippen molar-refractivity contribution in [2.75, 3.05) is 0 Å². The van der Waals surface area contributed by atoms with Crippen LogP contribution in [0, 0.1) is 0 Å². The van der Waals surface area contributed by atoms with E-state index < -0.39 is 16.3 Å². The van der Waals surface area contributed by atoms with Gasteiger partial charge in [0, 0.05) is 49.4 Å². The van der Waals surface area contributed by atoms with Gasteiger partial charge >= 0.3 is 0 Å². The number of halogens is 1. The molecule has 3 rings (SSSR count). The van der Waals surface area contributed by atoms with Gasteiger partial charge in [-0.05, 0) is 28.1 Å². The Hall–Kier alpha value is -1.40. The smallest absolute Gasteiger partial charge is 0.131 e. The van der Waals surface area contributed by atoms with Crippen LogP contribution in [0.5, 0.6) is 11.5 Å². The molecule has 0 aliphatic carbocycles. The highest BCUT2D eigenvalue weighted by Crippen LogP contribution is 2.52. The Morgan fingerprint density at radius 3 is 1.14 bits per heavy atom. The van der Waals surface area contributed by atoms with Crippen LogP contribution in [0.25, 0.3) is 22.3 Å². The van der Waals surface area contributed by atoms with Gasteiger partial charge in [-0.25, -0.2) is 0 Å². The van der Waals surface area contributed by atoms with Gasteiger partial charge in [-0.3, -0.25) is 0 Å². The lowest BCUT2D eigenvalue weighted by Crippen LogP contribution is -2.09. The van der Waals surface area contributed by atoms with Crippen molar-refractivity contribution in [3.63, 3.8) is 0 Å². The first-order valence-corrected chi connectivity index (χ1v) is 16.1. The number of rotatable bonds is 10.